The smallest absolute Gasteiger partial charge is 0.159 e. The van der Waals surface area contributed by atoms with Gasteiger partial charge in [0.05, 0.1) is 26.7 Å². The van der Waals surface area contributed by atoms with E-state index in [2.05, 4.69) is 107 Å². The fourth-order valence-corrected chi connectivity index (χ4v) is 6.76. The molecule has 0 spiro atoms. The summed E-state index contributed by atoms with van der Waals surface area (Å²) in [6, 6.07) is 26.8. The fourth-order valence-electron chi connectivity index (χ4n) is 4.98. The van der Waals surface area contributed by atoms with Crippen molar-refractivity contribution in [2.45, 2.75) is 51.0 Å². The molecule has 3 aromatic carbocycles. The van der Waals surface area contributed by atoms with E-state index in [0.29, 0.717) is 0 Å². The SMILES string of the molecule is CCc1ccc(CCN2CN=C(SCc3ccccc3CSC3=NCN(CCc4ccc(CC)cc4)CN3)NC2)cc1. The maximum Gasteiger partial charge on any atom is 0.159 e. The lowest BCUT2D eigenvalue weighted by atomic mass is 10.1. The van der Waals surface area contributed by atoms with Gasteiger partial charge in [-0.15, -0.1) is 0 Å². The van der Waals surface area contributed by atoms with Gasteiger partial charge in [0.2, 0.25) is 0 Å². The molecule has 0 bridgehead atoms. The molecule has 222 valence electrons. The fraction of sp³-hybridized carbons (Fsp3) is 0.412. The Morgan fingerprint density at radius 3 is 1.36 bits per heavy atom. The lowest BCUT2D eigenvalue weighted by Crippen LogP contribution is -2.42. The highest BCUT2D eigenvalue weighted by Crippen LogP contribution is 2.23. The van der Waals surface area contributed by atoms with E-state index in [9.17, 15) is 0 Å². The molecule has 2 aliphatic heterocycles. The van der Waals surface area contributed by atoms with E-state index in [0.717, 1.165) is 87.3 Å². The molecule has 3 aromatic rings. The van der Waals surface area contributed by atoms with Gasteiger partial charge in [0, 0.05) is 24.6 Å². The summed E-state index contributed by atoms with van der Waals surface area (Å²) in [7, 11) is 0. The molecule has 0 saturated carbocycles. The van der Waals surface area contributed by atoms with Crippen LogP contribution in [0.3, 0.4) is 0 Å². The number of aliphatic imine (C=N–C) groups is 2. The van der Waals surface area contributed by atoms with Crippen LogP contribution in [0.1, 0.15) is 47.2 Å². The van der Waals surface area contributed by atoms with Crippen LogP contribution in [0.5, 0.6) is 0 Å². The van der Waals surface area contributed by atoms with Gasteiger partial charge in [0.1, 0.15) is 0 Å². The topological polar surface area (TPSA) is 55.3 Å². The largest absolute Gasteiger partial charge is 0.352 e. The van der Waals surface area contributed by atoms with E-state index in [1.54, 1.807) is 23.5 Å². The number of aryl methyl sites for hydroxylation is 2. The molecule has 0 fully saturated rings. The van der Waals surface area contributed by atoms with Gasteiger partial charge in [0.15, 0.2) is 10.3 Å². The van der Waals surface area contributed by atoms with Crippen LogP contribution in [0.4, 0.5) is 0 Å². The minimum absolute atomic E-state index is 0.757. The number of hydrogen-bond acceptors (Lipinski definition) is 8. The first-order chi connectivity index (χ1) is 20.7. The Kier molecular flexibility index (Phi) is 11.8. The Bertz CT molecular complexity index is 1220. The average molecular weight is 601 g/mol. The van der Waals surface area contributed by atoms with Gasteiger partial charge < -0.3 is 10.6 Å². The van der Waals surface area contributed by atoms with Crippen LogP contribution in [0.15, 0.2) is 82.8 Å². The molecule has 5 rings (SSSR count). The molecule has 0 aliphatic carbocycles. The molecule has 0 saturated heterocycles. The summed E-state index contributed by atoms with van der Waals surface area (Å²) in [5.41, 5.74) is 8.32. The second kappa shape index (κ2) is 16.2. The molecule has 0 unspecified atom stereocenters. The van der Waals surface area contributed by atoms with Gasteiger partial charge in [-0.2, -0.15) is 0 Å². The summed E-state index contributed by atoms with van der Waals surface area (Å²) in [6.07, 6.45) is 4.30. The quantitative estimate of drug-likeness (QED) is 0.262. The highest BCUT2D eigenvalue weighted by Gasteiger charge is 2.15. The Balaban J connectivity index is 1.02. The molecule has 2 aliphatic rings. The second-order valence-corrected chi connectivity index (χ2v) is 12.8. The number of benzene rings is 3. The van der Waals surface area contributed by atoms with E-state index < -0.39 is 0 Å². The second-order valence-electron chi connectivity index (χ2n) is 10.9. The van der Waals surface area contributed by atoms with E-state index in [1.165, 1.54) is 33.4 Å². The summed E-state index contributed by atoms with van der Waals surface area (Å²) in [5, 5.41) is 9.14. The molecule has 0 atom stereocenters. The lowest BCUT2D eigenvalue weighted by molar-refractivity contribution is 0.270. The molecule has 0 amide bonds. The van der Waals surface area contributed by atoms with Gasteiger partial charge in [-0.1, -0.05) is 110 Å². The van der Waals surface area contributed by atoms with Crippen molar-refractivity contribution in [2.75, 3.05) is 39.8 Å². The van der Waals surface area contributed by atoms with Gasteiger partial charge in [-0.25, -0.2) is 9.98 Å². The first-order valence-corrected chi connectivity index (χ1v) is 17.1. The summed E-state index contributed by atoms with van der Waals surface area (Å²) < 4.78 is 0. The van der Waals surface area contributed by atoms with Crippen molar-refractivity contribution in [3.8, 4) is 0 Å². The minimum atomic E-state index is 0.757. The van der Waals surface area contributed by atoms with Crippen LogP contribution in [-0.4, -0.2) is 59.9 Å². The zero-order valence-electron chi connectivity index (χ0n) is 25.0. The predicted molar refractivity (Wildman–Crippen MR) is 182 cm³/mol. The van der Waals surface area contributed by atoms with Crippen molar-refractivity contribution in [1.29, 1.82) is 0 Å². The molecular weight excluding hydrogens is 557 g/mol. The maximum atomic E-state index is 4.82. The number of amidine groups is 2. The zero-order valence-corrected chi connectivity index (χ0v) is 26.7. The highest BCUT2D eigenvalue weighted by molar-refractivity contribution is 8.13. The Morgan fingerprint density at radius 1 is 0.595 bits per heavy atom. The van der Waals surface area contributed by atoms with Gasteiger partial charge >= 0.3 is 0 Å². The monoisotopic (exact) mass is 600 g/mol. The van der Waals surface area contributed by atoms with Crippen LogP contribution in [0, 0.1) is 0 Å². The van der Waals surface area contributed by atoms with Gasteiger partial charge in [0.25, 0.3) is 0 Å². The Hall–Kier alpha value is -2.78. The van der Waals surface area contributed by atoms with E-state index >= 15 is 0 Å². The van der Waals surface area contributed by atoms with Crippen LogP contribution in [0.2, 0.25) is 0 Å². The van der Waals surface area contributed by atoms with Crippen LogP contribution >= 0.6 is 23.5 Å². The molecule has 6 nitrogen and oxygen atoms in total. The standard InChI is InChI=1S/C34H44N6S2/c1-3-27-9-13-29(14-10-27)17-19-39-23-35-33(36-24-39)41-21-31-7-5-6-8-32(31)22-42-34-37-25-40(26-38-34)20-18-30-15-11-28(4-2)12-16-30/h5-16H,3-4,17-26H2,1-2H3,(H,35,36)(H,37,38). The number of thioether (sulfide) groups is 2. The summed E-state index contributed by atoms with van der Waals surface area (Å²) in [5.74, 6) is 1.83. The van der Waals surface area contributed by atoms with Crippen molar-refractivity contribution >= 4 is 33.9 Å². The van der Waals surface area contributed by atoms with Crippen molar-refractivity contribution in [2.24, 2.45) is 9.98 Å². The molecule has 2 heterocycles. The van der Waals surface area contributed by atoms with E-state index in [4.69, 9.17) is 9.98 Å². The summed E-state index contributed by atoms with van der Waals surface area (Å²) in [4.78, 5) is 14.4. The zero-order chi connectivity index (χ0) is 29.0. The third-order valence-corrected chi connectivity index (χ3v) is 9.88. The Morgan fingerprint density at radius 2 is 1.00 bits per heavy atom. The van der Waals surface area contributed by atoms with Gasteiger partial charge in [-0.05, 0) is 59.1 Å². The van der Waals surface area contributed by atoms with Gasteiger partial charge in [-0.3, -0.25) is 9.80 Å². The number of nitrogens with one attached hydrogen (secondary N) is 2. The third kappa shape index (κ3) is 9.36. The van der Waals surface area contributed by atoms with E-state index in [-0.39, 0.29) is 0 Å². The molecule has 8 heteroatoms. The molecule has 0 radical (unpaired) electrons. The molecular formula is C34H44N6S2. The summed E-state index contributed by atoms with van der Waals surface area (Å²) in [6.45, 7) is 9.65. The first kappa shape index (κ1) is 30.7. The predicted octanol–water partition coefficient (Wildman–Crippen LogP) is 6.12. The van der Waals surface area contributed by atoms with Crippen molar-refractivity contribution in [3.63, 3.8) is 0 Å². The molecule has 42 heavy (non-hydrogen) atoms. The van der Waals surface area contributed by atoms with Crippen molar-refractivity contribution in [1.82, 2.24) is 20.4 Å². The van der Waals surface area contributed by atoms with Crippen LogP contribution in [-0.2, 0) is 37.2 Å². The average Bonchev–Trinajstić information content (AvgIpc) is 3.06. The third-order valence-electron chi connectivity index (χ3n) is 7.88. The number of nitrogens with zero attached hydrogens (tertiary/aromatic N) is 4. The van der Waals surface area contributed by atoms with Crippen molar-refractivity contribution < 1.29 is 0 Å². The number of hydrogen-bond donors (Lipinski definition) is 2. The maximum absolute atomic E-state index is 4.82. The molecule has 2 N–H and O–H groups in total. The summed E-state index contributed by atoms with van der Waals surface area (Å²) >= 11 is 3.61. The Labute approximate surface area is 260 Å². The van der Waals surface area contributed by atoms with Crippen molar-refractivity contribution in [3.05, 3.63) is 106 Å². The van der Waals surface area contributed by atoms with Crippen LogP contribution in [0.25, 0.3) is 0 Å². The lowest BCUT2D eigenvalue weighted by Gasteiger charge is -2.27. The normalized spacial score (nSPS) is 16.0. The molecule has 0 aromatic heterocycles. The first-order valence-electron chi connectivity index (χ1n) is 15.2. The van der Waals surface area contributed by atoms with E-state index in [1.807, 2.05) is 0 Å². The van der Waals surface area contributed by atoms with Crippen LogP contribution < -0.4 is 10.6 Å². The number of rotatable bonds is 12. The minimum Gasteiger partial charge on any atom is -0.352 e. The highest BCUT2D eigenvalue weighted by atomic mass is 32.2.